The molecule has 2 amide bonds. The standard InChI is InChI=1S/C29H33N3O4S/c1-19(20-9-11-21(12-10-20)26-30-17-24(37-26)25(33)31-23-13-14-23)32-16-15-29(36-27(32)34,18-28(2,3)35)22-7-5-4-6-8-22/h4-12,17,19,23,35H,13-16,18H2,1-3H3,(H,31,33)/t19-,29?/m0/s1. The minimum Gasteiger partial charge on any atom is -0.438 e. The molecular weight excluding hydrogens is 486 g/mol. The Balaban J connectivity index is 1.29. The van der Waals surface area contributed by atoms with Gasteiger partial charge in [-0.05, 0) is 44.7 Å². The maximum Gasteiger partial charge on any atom is 0.411 e. The number of cyclic esters (lactones) is 1. The third kappa shape index (κ3) is 5.70. The molecule has 1 aliphatic heterocycles. The van der Waals surface area contributed by atoms with E-state index in [9.17, 15) is 14.7 Å². The van der Waals surface area contributed by atoms with Crippen LogP contribution in [0.5, 0.6) is 0 Å². The molecule has 2 N–H and O–H groups in total. The first kappa shape index (κ1) is 25.4. The Hall–Kier alpha value is -3.23. The lowest BCUT2D eigenvalue weighted by Crippen LogP contribution is -2.51. The average Bonchev–Trinajstić information content (AvgIpc) is 3.54. The Bertz CT molecular complexity index is 1260. The Labute approximate surface area is 221 Å². The zero-order chi connectivity index (χ0) is 26.2. The van der Waals surface area contributed by atoms with Gasteiger partial charge in [0.25, 0.3) is 5.91 Å². The molecule has 1 saturated heterocycles. The van der Waals surface area contributed by atoms with E-state index < -0.39 is 11.2 Å². The van der Waals surface area contributed by atoms with Gasteiger partial charge in [0, 0.05) is 31.0 Å². The Kier molecular flexibility index (Phi) is 6.81. The first-order valence-electron chi connectivity index (χ1n) is 12.8. The highest BCUT2D eigenvalue weighted by Crippen LogP contribution is 2.42. The number of carbonyl (C=O) groups is 2. The Morgan fingerprint density at radius 2 is 1.92 bits per heavy atom. The SMILES string of the molecule is C[C@@H](c1ccc(-c2ncc(C(=O)NC3CC3)s2)cc1)N1CCC(CC(C)(C)O)(c2ccccc2)OC1=O. The van der Waals surface area contributed by atoms with Crippen LogP contribution in [0.15, 0.2) is 60.8 Å². The number of benzene rings is 2. The summed E-state index contributed by atoms with van der Waals surface area (Å²) in [5.74, 6) is -0.0590. The van der Waals surface area contributed by atoms with E-state index >= 15 is 0 Å². The molecule has 1 aromatic heterocycles. The van der Waals surface area contributed by atoms with Gasteiger partial charge in [0.1, 0.15) is 15.5 Å². The van der Waals surface area contributed by atoms with Gasteiger partial charge >= 0.3 is 6.09 Å². The monoisotopic (exact) mass is 519 g/mol. The molecule has 0 bridgehead atoms. The highest BCUT2D eigenvalue weighted by molar-refractivity contribution is 7.16. The molecule has 37 heavy (non-hydrogen) atoms. The molecule has 2 heterocycles. The van der Waals surface area contributed by atoms with Crippen LogP contribution in [-0.4, -0.2) is 45.2 Å². The molecule has 1 unspecified atom stereocenters. The van der Waals surface area contributed by atoms with Crippen molar-refractivity contribution in [1.29, 1.82) is 0 Å². The fraction of sp³-hybridized carbons (Fsp3) is 0.414. The number of amides is 2. The lowest BCUT2D eigenvalue weighted by atomic mass is 9.80. The van der Waals surface area contributed by atoms with Crippen molar-refractivity contribution in [3.63, 3.8) is 0 Å². The van der Waals surface area contributed by atoms with Gasteiger partial charge < -0.3 is 20.1 Å². The van der Waals surface area contributed by atoms with Crippen molar-refractivity contribution in [2.24, 2.45) is 0 Å². The molecule has 1 aliphatic carbocycles. The summed E-state index contributed by atoms with van der Waals surface area (Å²) in [7, 11) is 0. The molecule has 1 saturated carbocycles. The average molecular weight is 520 g/mol. The van der Waals surface area contributed by atoms with Crippen molar-refractivity contribution in [1.82, 2.24) is 15.2 Å². The van der Waals surface area contributed by atoms with Crippen LogP contribution in [0.4, 0.5) is 4.79 Å². The normalized spacial score (nSPS) is 20.9. The van der Waals surface area contributed by atoms with E-state index in [4.69, 9.17) is 4.74 Å². The Morgan fingerprint density at radius 3 is 2.54 bits per heavy atom. The van der Waals surface area contributed by atoms with Crippen LogP contribution in [0, 0.1) is 0 Å². The summed E-state index contributed by atoms with van der Waals surface area (Å²) >= 11 is 1.38. The number of thiazole rings is 1. The zero-order valence-electron chi connectivity index (χ0n) is 21.4. The van der Waals surface area contributed by atoms with E-state index in [2.05, 4.69) is 10.3 Å². The molecule has 7 nitrogen and oxygen atoms in total. The molecule has 3 aromatic rings. The molecule has 2 atom stereocenters. The molecule has 2 aromatic carbocycles. The summed E-state index contributed by atoms with van der Waals surface area (Å²) in [6.45, 7) is 5.99. The molecule has 8 heteroatoms. The number of ether oxygens (including phenoxy) is 1. The first-order chi connectivity index (χ1) is 17.6. The molecule has 2 fully saturated rings. The first-order valence-corrected chi connectivity index (χ1v) is 13.6. The minimum atomic E-state index is -0.992. The molecule has 0 spiro atoms. The molecular formula is C29H33N3O4S. The van der Waals surface area contributed by atoms with Crippen molar-refractivity contribution >= 4 is 23.3 Å². The van der Waals surface area contributed by atoms with E-state index in [1.54, 1.807) is 24.9 Å². The van der Waals surface area contributed by atoms with Crippen LogP contribution in [0.3, 0.4) is 0 Å². The van der Waals surface area contributed by atoms with Crippen molar-refractivity contribution in [2.45, 2.75) is 69.7 Å². The van der Waals surface area contributed by atoms with Crippen molar-refractivity contribution < 1.29 is 19.4 Å². The smallest absolute Gasteiger partial charge is 0.411 e. The summed E-state index contributed by atoms with van der Waals surface area (Å²) in [6, 6.07) is 17.8. The van der Waals surface area contributed by atoms with Crippen LogP contribution in [-0.2, 0) is 10.3 Å². The number of nitrogens with zero attached hydrogens (tertiary/aromatic N) is 2. The lowest BCUT2D eigenvalue weighted by Gasteiger charge is -2.45. The van der Waals surface area contributed by atoms with Gasteiger partial charge in [0.2, 0.25) is 0 Å². The second-order valence-electron chi connectivity index (χ2n) is 10.7. The van der Waals surface area contributed by atoms with Crippen LogP contribution in [0.1, 0.15) is 73.3 Å². The largest absolute Gasteiger partial charge is 0.438 e. The summed E-state index contributed by atoms with van der Waals surface area (Å²) < 4.78 is 6.12. The van der Waals surface area contributed by atoms with Crippen LogP contribution in [0.2, 0.25) is 0 Å². The van der Waals surface area contributed by atoms with Crippen LogP contribution < -0.4 is 5.32 Å². The number of aromatic nitrogens is 1. The second kappa shape index (κ2) is 9.91. The van der Waals surface area contributed by atoms with Gasteiger partial charge in [-0.2, -0.15) is 0 Å². The maximum atomic E-state index is 13.3. The van der Waals surface area contributed by atoms with Gasteiger partial charge in [-0.1, -0.05) is 54.6 Å². The van der Waals surface area contributed by atoms with Gasteiger partial charge in [-0.3, -0.25) is 4.79 Å². The predicted molar refractivity (Wildman–Crippen MR) is 143 cm³/mol. The molecule has 194 valence electrons. The highest BCUT2D eigenvalue weighted by Gasteiger charge is 2.46. The number of rotatable bonds is 8. The van der Waals surface area contributed by atoms with Gasteiger partial charge in [0.15, 0.2) is 0 Å². The predicted octanol–water partition coefficient (Wildman–Crippen LogP) is 5.66. The van der Waals surface area contributed by atoms with E-state index in [1.165, 1.54) is 11.3 Å². The third-order valence-corrected chi connectivity index (χ3v) is 8.09. The van der Waals surface area contributed by atoms with Gasteiger partial charge in [-0.25, -0.2) is 9.78 Å². The number of hydrogen-bond acceptors (Lipinski definition) is 6. The summed E-state index contributed by atoms with van der Waals surface area (Å²) in [4.78, 5) is 32.4. The van der Waals surface area contributed by atoms with Crippen molar-refractivity contribution in [3.05, 3.63) is 76.8 Å². The Morgan fingerprint density at radius 1 is 1.22 bits per heavy atom. The fourth-order valence-electron chi connectivity index (χ4n) is 4.97. The van der Waals surface area contributed by atoms with Crippen LogP contribution >= 0.6 is 11.3 Å². The quantitative estimate of drug-likeness (QED) is 0.401. The van der Waals surface area contributed by atoms with E-state index in [0.29, 0.717) is 30.3 Å². The summed E-state index contributed by atoms with van der Waals surface area (Å²) in [5, 5.41) is 14.4. The van der Waals surface area contributed by atoms with Gasteiger partial charge in [-0.15, -0.1) is 11.3 Å². The van der Waals surface area contributed by atoms with E-state index in [1.807, 2.05) is 61.5 Å². The third-order valence-electron chi connectivity index (χ3n) is 7.04. The molecule has 5 rings (SSSR count). The second-order valence-corrected chi connectivity index (χ2v) is 11.8. The van der Waals surface area contributed by atoms with Crippen molar-refractivity contribution in [2.75, 3.05) is 6.54 Å². The molecule has 2 aliphatic rings. The fourth-order valence-corrected chi connectivity index (χ4v) is 5.80. The summed E-state index contributed by atoms with van der Waals surface area (Å²) in [5.41, 5.74) is 0.953. The zero-order valence-corrected chi connectivity index (χ0v) is 22.3. The van der Waals surface area contributed by atoms with Crippen LogP contribution in [0.25, 0.3) is 10.6 Å². The number of nitrogens with one attached hydrogen (secondary N) is 1. The van der Waals surface area contributed by atoms with E-state index in [0.717, 1.165) is 34.5 Å². The number of carbonyl (C=O) groups excluding carboxylic acids is 2. The van der Waals surface area contributed by atoms with Crippen molar-refractivity contribution in [3.8, 4) is 10.6 Å². The topological polar surface area (TPSA) is 91.8 Å². The number of aliphatic hydroxyl groups is 1. The molecule has 0 radical (unpaired) electrons. The van der Waals surface area contributed by atoms with E-state index in [-0.39, 0.29) is 18.0 Å². The maximum absolute atomic E-state index is 13.3. The van der Waals surface area contributed by atoms with Gasteiger partial charge in [0.05, 0.1) is 17.8 Å². The number of hydrogen-bond donors (Lipinski definition) is 2. The summed E-state index contributed by atoms with van der Waals surface area (Å²) in [6.07, 6.45) is 4.25. The minimum absolute atomic E-state index is 0.0590. The lowest BCUT2D eigenvalue weighted by molar-refractivity contribution is -0.101. The highest BCUT2D eigenvalue weighted by atomic mass is 32.1.